The van der Waals surface area contributed by atoms with Gasteiger partial charge < -0.3 is 4.90 Å². The van der Waals surface area contributed by atoms with E-state index in [4.69, 9.17) is 0 Å². The number of aromatic nitrogens is 4. The van der Waals surface area contributed by atoms with Crippen LogP contribution >= 0.6 is 11.3 Å². The van der Waals surface area contributed by atoms with Crippen molar-refractivity contribution in [1.29, 1.82) is 0 Å². The van der Waals surface area contributed by atoms with Crippen LogP contribution in [0.25, 0.3) is 5.65 Å². The van der Waals surface area contributed by atoms with E-state index in [1.54, 1.807) is 16.5 Å². The SMILES string of the molecule is Cc1ncsc1C(=O)N1CCC(c2cc3nc(C(C)C)cc(C(F)(F)F)n3n2)CC1. The third kappa shape index (κ3) is 3.80. The number of hydrogen-bond acceptors (Lipinski definition) is 5. The highest BCUT2D eigenvalue weighted by Crippen LogP contribution is 2.34. The Hall–Kier alpha value is -2.49. The highest BCUT2D eigenvalue weighted by Gasteiger charge is 2.36. The van der Waals surface area contributed by atoms with Crippen molar-refractivity contribution in [3.05, 3.63) is 45.3 Å². The number of thiazole rings is 1. The van der Waals surface area contributed by atoms with Crippen molar-refractivity contribution in [3.63, 3.8) is 0 Å². The first kappa shape index (κ1) is 20.8. The molecule has 0 saturated carbocycles. The summed E-state index contributed by atoms with van der Waals surface area (Å²) in [7, 11) is 0. The third-order valence-corrected chi connectivity index (χ3v) is 6.40. The number of likely N-dealkylation sites (tertiary alicyclic amines) is 1. The van der Waals surface area contributed by atoms with Crippen molar-refractivity contribution < 1.29 is 18.0 Å². The number of nitrogens with zero attached hydrogens (tertiary/aromatic N) is 5. The molecule has 0 unspecified atom stereocenters. The molecule has 0 N–H and O–H groups in total. The van der Waals surface area contributed by atoms with Crippen LogP contribution in [0.2, 0.25) is 0 Å². The summed E-state index contributed by atoms with van der Waals surface area (Å²) in [5, 5.41) is 4.26. The van der Waals surface area contributed by atoms with Crippen LogP contribution in [0.3, 0.4) is 0 Å². The van der Waals surface area contributed by atoms with E-state index in [0.717, 1.165) is 16.3 Å². The average Bonchev–Trinajstić information content (AvgIpc) is 3.31. The maximum atomic E-state index is 13.6. The highest BCUT2D eigenvalue weighted by molar-refractivity contribution is 7.11. The topological polar surface area (TPSA) is 63.4 Å². The predicted molar refractivity (Wildman–Crippen MR) is 107 cm³/mol. The van der Waals surface area contributed by atoms with Gasteiger partial charge in [0.15, 0.2) is 5.65 Å². The number of carbonyl (C=O) groups excluding carboxylic acids is 1. The Morgan fingerprint density at radius 2 is 1.93 bits per heavy atom. The van der Waals surface area contributed by atoms with Gasteiger partial charge in [-0.05, 0) is 31.7 Å². The molecule has 30 heavy (non-hydrogen) atoms. The summed E-state index contributed by atoms with van der Waals surface area (Å²) >= 11 is 1.33. The number of fused-ring (bicyclic) bond motifs is 1. The lowest BCUT2D eigenvalue weighted by Gasteiger charge is -2.31. The number of carbonyl (C=O) groups is 1. The van der Waals surface area contributed by atoms with Gasteiger partial charge in [0.2, 0.25) is 0 Å². The van der Waals surface area contributed by atoms with E-state index in [0.29, 0.717) is 42.2 Å². The van der Waals surface area contributed by atoms with E-state index in [1.807, 2.05) is 20.8 Å². The maximum absolute atomic E-state index is 13.6. The van der Waals surface area contributed by atoms with Crippen LogP contribution in [0.5, 0.6) is 0 Å². The van der Waals surface area contributed by atoms with Gasteiger partial charge in [0, 0.05) is 30.8 Å². The van der Waals surface area contributed by atoms with Crippen LogP contribution in [0, 0.1) is 6.92 Å². The lowest BCUT2D eigenvalue weighted by molar-refractivity contribution is -0.142. The monoisotopic (exact) mass is 437 g/mol. The Morgan fingerprint density at radius 1 is 1.23 bits per heavy atom. The van der Waals surface area contributed by atoms with Gasteiger partial charge in [-0.25, -0.2) is 14.5 Å². The number of piperidine rings is 1. The van der Waals surface area contributed by atoms with E-state index in [-0.39, 0.29) is 23.4 Å². The molecule has 4 heterocycles. The van der Waals surface area contributed by atoms with E-state index in [2.05, 4.69) is 15.1 Å². The number of rotatable bonds is 3. The fourth-order valence-corrected chi connectivity index (χ4v) is 4.51. The van der Waals surface area contributed by atoms with Gasteiger partial charge >= 0.3 is 6.18 Å². The predicted octanol–water partition coefficient (Wildman–Crippen LogP) is 4.66. The minimum absolute atomic E-state index is 0.0121. The zero-order valence-corrected chi connectivity index (χ0v) is 17.7. The van der Waals surface area contributed by atoms with E-state index < -0.39 is 11.9 Å². The van der Waals surface area contributed by atoms with Crippen LogP contribution < -0.4 is 0 Å². The number of halogens is 3. The van der Waals surface area contributed by atoms with E-state index in [1.165, 1.54) is 11.3 Å². The van der Waals surface area contributed by atoms with E-state index >= 15 is 0 Å². The Kier molecular flexibility index (Phi) is 5.29. The first-order valence-corrected chi connectivity index (χ1v) is 10.7. The number of aryl methyl sites for hydroxylation is 1. The van der Waals surface area contributed by atoms with Crippen molar-refractivity contribution >= 4 is 22.9 Å². The summed E-state index contributed by atoms with van der Waals surface area (Å²) in [6.45, 7) is 6.50. The Balaban J connectivity index is 1.57. The fraction of sp³-hybridized carbons (Fsp3) is 0.500. The van der Waals surface area contributed by atoms with Gasteiger partial charge in [-0.2, -0.15) is 18.3 Å². The molecule has 0 bridgehead atoms. The Bertz CT molecular complexity index is 1080. The maximum Gasteiger partial charge on any atom is 0.433 e. The molecular weight excluding hydrogens is 415 g/mol. The molecule has 1 fully saturated rings. The zero-order valence-electron chi connectivity index (χ0n) is 16.9. The van der Waals surface area contributed by atoms with Crippen molar-refractivity contribution in [3.8, 4) is 0 Å². The standard InChI is InChI=1S/C20H22F3N5OS/c1-11(2)14-8-16(20(21,22)23)28-17(25-14)9-15(26-28)13-4-6-27(7-5-13)19(29)18-12(3)24-10-30-18/h8-11,13H,4-7H2,1-3H3. The number of amides is 1. The molecule has 0 spiro atoms. The molecular formula is C20H22F3N5OS. The summed E-state index contributed by atoms with van der Waals surface area (Å²) in [4.78, 5) is 23.6. The van der Waals surface area contributed by atoms with Crippen LogP contribution in [-0.2, 0) is 6.18 Å². The molecule has 1 amide bonds. The molecule has 4 rings (SSSR count). The first-order valence-electron chi connectivity index (χ1n) is 9.82. The molecule has 1 saturated heterocycles. The van der Waals surface area contributed by atoms with Gasteiger partial charge in [0.05, 0.1) is 16.9 Å². The molecule has 0 atom stereocenters. The van der Waals surface area contributed by atoms with Gasteiger partial charge in [-0.1, -0.05) is 13.8 Å². The second kappa shape index (κ2) is 7.64. The lowest BCUT2D eigenvalue weighted by atomic mass is 9.93. The van der Waals surface area contributed by atoms with Crippen molar-refractivity contribution in [2.24, 2.45) is 0 Å². The van der Waals surface area contributed by atoms with Gasteiger partial charge in [0.25, 0.3) is 5.91 Å². The Morgan fingerprint density at radius 3 is 2.50 bits per heavy atom. The zero-order chi connectivity index (χ0) is 21.6. The molecule has 0 aromatic carbocycles. The normalized spacial score (nSPS) is 16.0. The molecule has 0 radical (unpaired) electrons. The minimum atomic E-state index is -4.52. The number of hydrogen-bond donors (Lipinski definition) is 0. The van der Waals surface area contributed by atoms with Crippen LogP contribution in [0.1, 0.15) is 71.0 Å². The molecule has 10 heteroatoms. The molecule has 0 aliphatic carbocycles. The van der Waals surface area contributed by atoms with Crippen molar-refractivity contribution in [2.75, 3.05) is 13.1 Å². The quantitative estimate of drug-likeness (QED) is 0.598. The fourth-order valence-electron chi connectivity index (χ4n) is 3.74. The largest absolute Gasteiger partial charge is 0.433 e. The summed E-state index contributed by atoms with van der Waals surface area (Å²) in [5.41, 5.74) is 2.76. The van der Waals surface area contributed by atoms with Crippen LogP contribution in [0.15, 0.2) is 17.6 Å². The second-order valence-electron chi connectivity index (χ2n) is 7.89. The van der Waals surface area contributed by atoms with Crippen LogP contribution in [0.4, 0.5) is 13.2 Å². The third-order valence-electron chi connectivity index (χ3n) is 5.49. The lowest BCUT2D eigenvalue weighted by Crippen LogP contribution is -2.37. The first-order chi connectivity index (χ1) is 14.1. The summed E-state index contributed by atoms with van der Waals surface area (Å²) in [6.07, 6.45) is -3.23. The Labute approximate surface area is 175 Å². The molecule has 160 valence electrons. The van der Waals surface area contributed by atoms with E-state index in [9.17, 15) is 18.0 Å². The summed E-state index contributed by atoms with van der Waals surface area (Å²) < 4.78 is 41.7. The molecule has 1 aliphatic rings. The second-order valence-corrected chi connectivity index (χ2v) is 8.75. The smallest absolute Gasteiger partial charge is 0.338 e. The molecule has 1 aliphatic heterocycles. The molecule has 6 nitrogen and oxygen atoms in total. The van der Waals surface area contributed by atoms with Crippen LogP contribution in [-0.4, -0.2) is 43.5 Å². The van der Waals surface area contributed by atoms with Crippen molar-refractivity contribution in [1.82, 2.24) is 24.5 Å². The highest BCUT2D eigenvalue weighted by atomic mass is 32.1. The average molecular weight is 437 g/mol. The van der Waals surface area contributed by atoms with Gasteiger partial charge in [-0.15, -0.1) is 11.3 Å². The minimum Gasteiger partial charge on any atom is -0.338 e. The van der Waals surface area contributed by atoms with Gasteiger partial charge in [-0.3, -0.25) is 4.79 Å². The molecule has 3 aromatic rings. The summed E-state index contributed by atoms with van der Waals surface area (Å²) in [5.74, 6) is -0.174. The summed E-state index contributed by atoms with van der Waals surface area (Å²) in [6, 6.07) is 2.73. The molecule has 3 aromatic heterocycles. The van der Waals surface area contributed by atoms with Crippen molar-refractivity contribution in [2.45, 2.75) is 51.6 Å². The van der Waals surface area contributed by atoms with Gasteiger partial charge in [0.1, 0.15) is 10.6 Å². The number of alkyl halides is 3.